The van der Waals surface area contributed by atoms with Gasteiger partial charge in [-0.15, -0.1) is 0 Å². The standard InChI is InChI=1S/C35H30N2/c1-24(25-11-3-2-4-12-25)37-22-21-35(36)33-18-10-5-13-27(33)26-19-20-32-30-16-7-6-14-28(30)29-15-8-9-17-31(29)34(32)23-26/h2-21,23-24,37H,22,36H2,1H3. The Morgan fingerprint density at radius 2 is 1.19 bits per heavy atom. The van der Waals surface area contributed by atoms with E-state index in [0.29, 0.717) is 6.54 Å². The van der Waals surface area contributed by atoms with E-state index in [0.717, 1.165) is 16.8 Å². The molecule has 3 N–H and O–H groups in total. The second kappa shape index (κ2) is 9.93. The molecule has 1 atom stereocenters. The number of rotatable bonds is 6. The number of hydrogen-bond donors (Lipinski definition) is 2. The Balaban J connectivity index is 1.39. The number of fused-ring (bicyclic) bond motifs is 6. The van der Waals surface area contributed by atoms with Crippen LogP contribution in [-0.2, 0) is 0 Å². The van der Waals surface area contributed by atoms with Gasteiger partial charge in [0.15, 0.2) is 0 Å². The van der Waals surface area contributed by atoms with Crippen LogP contribution in [0, 0.1) is 0 Å². The number of nitrogens with two attached hydrogens (primary N) is 1. The summed E-state index contributed by atoms with van der Waals surface area (Å²) >= 11 is 0. The first-order valence-electron chi connectivity index (χ1n) is 12.9. The normalized spacial score (nSPS) is 12.8. The Morgan fingerprint density at radius 3 is 1.86 bits per heavy atom. The fourth-order valence-electron chi connectivity index (χ4n) is 5.38. The predicted octanol–water partition coefficient (Wildman–Crippen LogP) is 8.46. The lowest BCUT2D eigenvalue weighted by atomic mass is 9.90. The molecule has 6 aromatic carbocycles. The summed E-state index contributed by atoms with van der Waals surface area (Å²) in [6.07, 6.45) is 2.09. The quantitative estimate of drug-likeness (QED) is 0.236. The van der Waals surface area contributed by atoms with Crippen LogP contribution >= 0.6 is 0 Å². The first kappa shape index (κ1) is 23.0. The van der Waals surface area contributed by atoms with E-state index >= 15 is 0 Å². The molecule has 0 saturated heterocycles. The van der Waals surface area contributed by atoms with Crippen molar-refractivity contribution >= 4 is 38.0 Å². The highest BCUT2D eigenvalue weighted by Crippen LogP contribution is 2.38. The number of hydrogen-bond acceptors (Lipinski definition) is 2. The average molecular weight is 479 g/mol. The van der Waals surface area contributed by atoms with Gasteiger partial charge in [0, 0.05) is 23.8 Å². The summed E-state index contributed by atoms with van der Waals surface area (Å²) in [6.45, 7) is 2.88. The van der Waals surface area contributed by atoms with Crippen molar-refractivity contribution in [2.75, 3.05) is 6.54 Å². The molecule has 0 heterocycles. The summed E-state index contributed by atoms with van der Waals surface area (Å²) in [7, 11) is 0. The zero-order valence-electron chi connectivity index (χ0n) is 21.0. The molecule has 6 aromatic rings. The van der Waals surface area contributed by atoms with E-state index in [9.17, 15) is 0 Å². The summed E-state index contributed by atoms with van der Waals surface area (Å²) in [5, 5.41) is 11.2. The van der Waals surface area contributed by atoms with Gasteiger partial charge in [-0.25, -0.2) is 0 Å². The molecule has 6 rings (SSSR count). The molecular formula is C35H30N2. The van der Waals surface area contributed by atoms with Crippen molar-refractivity contribution in [3.63, 3.8) is 0 Å². The second-order valence-corrected chi connectivity index (χ2v) is 9.60. The van der Waals surface area contributed by atoms with Gasteiger partial charge in [0.25, 0.3) is 0 Å². The molecule has 0 saturated carbocycles. The average Bonchev–Trinajstić information content (AvgIpc) is 2.97. The van der Waals surface area contributed by atoms with Crippen molar-refractivity contribution in [2.45, 2.75) is 13.0 Å². The van der Waals surface area contributed by atoms with Crippen LogP contribution in [-0.4, -0.2) is 6.54 Å². The molecule has 37 heavy (non-hydrogen) atoms. The van der Waals surface area contributed by atoms with Gasteiger partial charge in [0.1, 0.15) is 0 Å². The summed E-state index contributed by atoms with van der Waals surface area (Å²) in [5.74, 6) is 0. The van der Waals surface area contributed by atoms with Crippen LogP contribution < -0.4 is 11.1 Å². The molecule has 2 nitrogen and oxygen atoms in total. The van der Waals surface area contributed by atoms with Gasteiger partial charge >= 0.3 is 0 Å². The molecule has 0 fully saturated rings. The maximum atomic E-state index is 6.66. The lowest BCUT2D eigenvalue weighted by Crippen LogP contribution is -2.19. The Hall–Kier alpha value is -4.40. The Bertz CT molecular complexity index is 1710. The number of benzene rings is 6. The molecule has 0 aliphatic heterocycles. The van der Waals surface area contributed by atoms with Crippen LogP contribution in [0.1, 0.15) is 24.1 Å². The molecule has 1 unspecified atom stereocenters. The van der Waals surface area contributed by atoms with Gasteiger partial charge in [0.2, 0.25) is 0 Å². The zero-order valence-corrected chi connectivity index (χ0v) is 21.0. The summed E-state index contributed by atoms with van der Waals surface area (Å²) in [5.41, 5.74) is 12.1. The molecule has 0 aliphatic rings. The molecular weight excluding hydrogens is 448 g/mol. The molecule has 0 spiro atoms. The Labute approximate surface area is 218 Å². The van der Waals surface area contributed by atoms with Gasteiger partial charge in [-0.05, 0) is 68.1 Å². The fraction of sp³-hybridized carbons (Fsp3) is 0.0857. The second-order valence-electron chi connectivity index (χ2n) is 9.60. The van der Waals surface area contributed by atoms with Gasteiger partial charge in [-0.2, -0.15) is 0 Å². The smallest absolute Gasteiger partial charge is 0.0366 e. The third-order valence-corrected chi connectivity index (χ3v) is 7.34. The van der Waals surface area contributed by atoms with Crippen LogP contribution in [0.3, 0.4) is 0 Å². The largest absolute Gasteiger partial charge is 0.398 e. The molecule has 0 radical (unpaired) electrons. The zero-order chi connectivity index (χ0) is 25.2. The molecule has 0 aromatic heterocycles. The van der Waals surface area contributed by atoms with E-state index in [1.54, 1.807) is 0 Å². The highest BCUT2D eigenvalue weighted by atomic mass is 14.9. The van der Waals surface area contributed by atoms with E-state index in [1.807, 2.05) is 6.07 Å². The number of nitrogens with one attached hydrogen (secondary N) is 1. The van der Waals surface area contributed by atoms with Gasteiger partial charge in [-0.1, -0.05) is 115 Å². The molecule has 2 heteroatoms. The van der Waals surface area contributed by atoms with E-state index in [1.165, 1.54) is 43.4 Å². The maximum absolute atomic E-state index is 6.66. The van der Waals surface area contributed by atoms with E-state index in [4.69, 9.17) is 5.73 Å². The molecule has 0 amide bonds. The SMILES string of the molecule is CC(NCC=C(N)c1ccccc1-c1ccc2c3ccccc3c3ccccc3c2c1)c1ccccc1. The predicted molar refractivity (Wildman–Crippen MR) is 159 cm³/mol. The monoisotopic (exact) mass is 478 g/mol. The summed E-state index contributed by atoms with van der Waals surface area (Å²) in [6, 6.07) is 43.4. The first-order valence-corrected chi connectivity index (χ1v) is 12.9. The van der Waals surface area contributed by atoms with Crippen molar-refractivity contribution in [3.05, 3.63) is 139 Å². The minimum atomic E-state index is 0.254. The van der Waals surface area contributed by atoms with Crippen molar-refractivity contribution < 1.29 is 0 Å². The minimum absolute atomic E-state index is 0.254. The third-order valence-electron chi connectivity index (χ3n) is 7.34. The Morgan fingerprint density at radius 1 is 0.649 bits per heavy atom. The van der Waals surface area contributed by atoms with Gasteiger partial charge < -0.3 is 11.1 Å². The fourth-order valence-corrected chi connectivity index (χ4v) is 5.38. The summed E-state index contributed by atoms with van der Waals surface area (Å²) in [4.78, 5) is 0. The van der Waals surface area contributed by atoms with Crippen LogP contribution in [0.15, 0.2) is 127 Å². The molecule has 0 aliphatic carbocycles. The van der Waals surface area contributed by atoms with Crippen LogP contribution in [0.4, 0.5) is 0 Å². The highest BCUT2D eigenvalue weighted by molar-refractivity contribution is 6.25. The van der Waals surface area contributed by atoms with Crippen molar-refractivity contribution in [1.29, 1.82) is 0 Å². The van der Waals surface area contributed by atoms with Crippen LogP contribution in [0.2, 0.25) is 0 Å². The molecule has 0 bridgehead atoms. The minimum Gasteiger partial charge on any atom is -0.398 e. The van der Waals surface area contributed by atoms with Crippen molar-refractivity contribution in [1.82, 2.24) is 5.32 Å². The maximum Gasteiger partial charge on any atom is 0.0366 e. The van der Waals surface area contributed by atoms with E-state index < -0.39 is 0 Å². The highest BCUT2D eigenvalue weighted by Gasteiger charge is 2.12. The van der Waals surface area contributed by atoms with Crippen molar-refractivity contribution in [2.24, 2.45) is 5.73 Å². The van der Waals surface area contributed by atoms with Crippen molar-refractivity contribution in [3.8, 4) is 11.1 Å². The summed E-state index contributed by atoms with van der Waals surface area (Å²) < 4.78 is 0. The van der Waals surface area contributed by atoms with Crippen LogP contribution in [0.25, 0.3) is 49.1 Å². The Kier molecular flexibility index (Phi) is 6.18. The third kappa shape index (κ3) is 4.37. The van der Waals surface area contributed by atoms with Gasteiger partial charge in [-0.3, -0.25) is 0 Å². The van der Waals surface area contributed by atoms with Gasteiger partial charge in [0.05, 0.1) is 0 Å². The van der Waals surface area contributed by atoms with E-state index in [2.05, 4.69) is 134 Å². The lowest BCUT2D eigenvalue weighted by molar-refractivity contribution is 0.617. The van der Waals surface area contributed by atoms with E-state index in [-0.39, 0.29) is 6.04 Å². The van der Waals surface area contributed by atoms with Crippen LogP contribution in [0.5, 0.6) is 0 Å². The topological polar surface area (TPSA) is 38.0 Å². The lowest BCUT2D eigenvalue weighted by Gasteiger charge is -2.15. The molecule has 180 valence electrons. The first-order chi connectivity index (χ1) is 18.2.